The number of likely N-dealkylation sites (N-methyl/N-ethyl adjacent to an activating group) is 1. The topological polar surface area (TPSA) is 36.0 Å². The van der Waals surface area contributed by atoms with E-state index in [-0.39, 0.29) is 0 Å². The molecule has 3 fully saturated rings. The highest BCUT2D eigenvalue weighted by Crippen LogP contribution is 2.25. The molecule has 3 aliphatic rings. The molecule has 1 amide bonds. The number of carbonyl (C=O) groups is 1. The summed E-state index contributed by atoms with van der Waals surface area (Å²) in [6, 6.07) is 1.13. The lowest BCUT2D eigenvalue weighted by atomic mass is 10.0. The molecule has 24 heavy (non-hydrogen) atoms. The van der Waals surface area contributed by atoms with Crippen LogP contribution in [0.1, 0.15) is 51.9 Å². The van der Waals surface area contributed by atoms with Crippen LogP contribution in [0.4, 0.5) is 0 Å². The lowest BCUT2D eigenvalue weighted by Gasteiger charge is -2.35. The second-order valence-corrected chi connectivity index (χ2v) is 8.16. The lowest BCUT2D eigenvalue weighted by molar-refractivity contribution is -0.132. The molecule has 0 spiro atoms. The van der Waals surface area contributed by atoms with Crippen molar-refractivity contribution in [1.82, 2.24) is 14.7 Å². The molecular formula is C19H35N3O2. The fourth-order valence-corrected chi connectivity index (χ4v) is 4.54. The number of amides is 1. The number of piperidine rings is 1. The van der Waals surface area contributed by atoms with Gasteiger partial charge in [-0.05, 0) is 65.6 Å². The third-order valence-corrected chi connectivity index (χ3v) is 6.34. The van der Waals surface area contributed by atoms with Gasteiger partial charge in [0, 0.05) is 38.6 Å². The van der Waals surface area contributed by atoms with E-state index in [1.807, 2.05) is 11.9 Å². The van der Waals surface area contributed by atoms with Gasteiger partial charge >= 0.3 is 0 Å². The zero-order valence-corrected chi connectivity index (χ0v) is 15.7. The minimum Gasteiger partial charge on any atom is -0.375 e. The molecule has 0 aliphatic carbocycles. The van der Waals surface area contributed by atoms with E-state index in [0.29, 0.717) is 30.6 Å². The fraction of sp³-hybridized carbons (Fsp3) is 0.947. The predicted octanol–water partition coefficient (Wildman–Crippen LogP) is 1.96. The van der Waals surface area contributed by atoms with Crippen LogP contribution in [0.15, 0.2) is 0 Å². The second kappa shape index (κ2) is 8.15. The number of hydrogen-bond acceptors (Lipinski definition) is 4. The summed E-state index contributed by atoms with van der Waals surface area (Å²) in [6.07, 6.45) is 8.14. The van der Waals surface area contributed by atoms with E-state index in [1.165, 1.54) is 25.9 Å². The van der Waals surface area contributed by atoms with Gasteiger partial charge in [-0.25, -0.2) is 0 Å². The van der Waals surface area contributed by atoms with Crippen molar-refractivity contribution in [2.24, 2.45) is 0 Å². The first-order valence-electron chi connectivity index (χ1n) is 9.86. The first-order chi connectivity index (χ1) is 11.5. The maximum atomic E-state index is 12.5. The Bertz CT molecular complexity index is 423. The van der Waals surface area contributed by atoms with E-state index in [0.717, 1.165) is 44.8 Å². The molecule has 0 radical (unpaired) electrons. The van der Waals surface area contributed by atoms with Crippen molar-refractivity contribution in [1.29, 1.82) is 0 Å². The van der Waals surface area contributed by atoms with E-state index in [9.17, 15) is 4.79 Å². The Kier molecular flexibility index (Phi) is 6.17. The molecule has 5 heteroatoms. The summed E-state index contributed by atoms with van der Waals surface area (Å²) < 4.78 is 5.84. The maximum absolute atomic E-state index is 12.5. The van der Waals surface area contributed by atoms with Gasteiger partial charge in [0.05, 0.1) is 12.2 Å². The van der Waals surface area contributed by atoms with Gasteiger partial charge < -0.3 is 14.5 Å². The third kappa shape index (κ3) is 4.50. The van der Waals surface area contributed by atoms with Crippen molar-refractivity contribution >= 4 is 5.91 Å². The minimum absolute atomic E-state index is 0.299. The quantitative estimate of drug-likeness (QED) is 0.768. The summed E-state index contributed by atoms with van der Waals surface area (Å²) in [6.45, 7) is 6.76. The Labute approximate surface area is 147 Å². The lowest BCUT2D eigenvalue weighted by Crippen LogP contribution is -2.45. The van der Waals surface area contributed by atoms with Crippen LogP contribution in [0.2, 0.25) is 0 Å². The van der Waals surface area contributed by atoms with Crippen LogP contribution in [-0.2, 0) is 9.53 Å². The molecule has 3 heterocycles. The average molecular weight is 338 g/mol. The van der Waals surface area contributed by atoms with Crippen LogP contribution in [0.3, 0.4) is 0 Å². The molecule has 0 unspecified atom stereocenters. The molecule has 0 aromatic rings. The van der Waals surface area contributed by atoms with Gasteiger partial charge in [-0.3, -0.25) is 9.69 Å². The Hall–Kier alpha value is -0.650. The fourth-order valence-electron chi connectivity index (χ4n) is 4.54. The minimum atomic E-state index is 0.299. The number of ether oxygens (including phenoxy) is 1. The van der Waals surface area contributed by atoms with Crippen molar-refractivity contribution in [3.05, 3.63) is 0 Å². The van der Waals surface area contributed by atoms with Gasteiger partial charge in [0.25, 0.3) is 0 Å². The summed E-state index contributed by atoms with van der Waals surface area (Å²) in [5.74, 6) is 0.299. The van der Waals surface area contributed by atoms with Crippen molar-refractivity contribution in [2.75, 3.05) is 40.3 Å². The third-order valence-electron chi connectivity index (χ3n) is 6.34. The Balaban J connectivity index is 1.40. The molecule has 0 N–H and O–H groups in total. The van der Waals surface area contributed by atoms with Crippen LogP contribution in [-0.4, -0.2) is 85.2 Å². The van der Waals surface area contributed by atoms with Crippen LogP contribution in [0.25, 0.3) is 0 Å². The molecule has 3 aliphatic heterocycles. The first kappa shape index (κ1) is 18.2. The molecule has 3 saturated heterocycles. The molecular weight excluding hydrogens is 302 g/mol. The Morgan fingerprint density at radius 3 is 2.54 bits per heavy atom. The molecule has 0 aromatic heterocycles. The zero-order chi connectivity index (χ0) is 17.1. The van der Waals surface area contributed by atoms with E-state index >= 15 is 0 Å². The first-order valence-corrected chi connectivity index (χ1v) is 9.86. The summed E-state index contributed by atoms with van der Waals surface area (Å²) in [5, 5.41) is 0. The smallest absolute Gasteiger partial charge is 0.222 e. The second-order valence-electron chi connectivity index (χ2n) is 8.16. The van der Waals surface area contributed by atoms with Crippen LogP contribution < -0.4 is 0 Å². The van der Waals surface area contributed by atoms with Gasteiger partial charge in [0.1, 0.15) is 0 Å². The SMILES string of the molecule is C[C@@H]1CC[C@@H](CCC(=O)N(C)[C@H]2CCN(C3CCN(C)CC3)C2)O1. The highest BCUT2D eigenvalue weighted by molar-refractivity contribution is 5.76. The average Bonchev–Trinajstić information content (AvgIpc) is 3.22. The number of carbonyl (C=O) groups excluding carboxylic acids is 1. The molecule has 0 saturated carbocycles. The molecule has 5 nitrogen and oxygen atoms in total. The van der Waals surface area contributed by atoms with Crippen LogP contribution in [0.5, 0.6) is 0 Å². The summed E-state index contributed by atoms with van der Waals surface area (Å²) >= 11 is 0. The Morgan fingerprint density at radius 2 is 1.88 bits per heavy atom. The molecule has 3 atom stereocenters. The van der Waals surface area contributed by atoms with Crippen LogP contribution >= 0.6 is 0 Å². The standard InChI is InChI=1S/C19H35N3O2/c1-15-4-5-18(24-15)6-7-19(23)21(3)17-10-13-22(14-17)16-8-11-20(2)12-9-16/h15-18H,4-14H2,1-3H3/t15-,17+,18+/m1/s1. The Morgan fingerprint density at radius 1 is 1.12 bits per heavy atom. The van der Waals surface area contributed by atoms with Gasteiger partial charge in [-0.2, -0.15) is 0 Å². The van der Waals surface area contributed by atoms with Gasteiger partial charge in [-0.1, -0.05) is 0 Å². The summed E-state index contributed by atoms with van der Waals surface area (Å²) in [5.41, 5.74) is 0. The zero-order valence-electron chi connectivity index (χ0n) is 15.7. The van der Waals surface area contributed by atoms with Gasteiger partial charge in [-0.15, -0.1) is 0 Å². The highest BCUT2D eigenvalue weighted by atomic mass is 16.5. The van der Waals surface area contributed by atoms with Gasteiger partial charge in [0.15, 0.2) is 0 Å². The molecule has 3 rings (SSSR count). The van der Waals surface area contributed by atoms with Crippen molar-refractivity contribution in [3.8, 4) is 0 Å². The predicted molar refractivity (Wildman–Crippen MR) is 96.1 cm³/mol. The van der Waals surface area contributed by atoms with Crippen molar-refractivity contribution in [3.63, 3.8) is 0 Å². The molecule has 0 aromatic carbocycles. The number of rotatable bonds is 5. The molecule has 138 valence electrons. The number of likely N-dealkylation sites (tertiary alicyclic amines) is 2. The number of nitrogens with zero attached hydrogens (tertiary/aromatic N) is 3. The monoisotopic (exact) mass is 337 g/mol. The van der Waals surface area contributed by atoms with Crippen molar-refractivity contribution in [2.45, 2.75) is 76.2 Å². The largest absolute Gasteiger partial charge is 0.375 e. The van der Waals surface area contributed by atoms with E-state index in [1.54, 1.807) is 0 Å². The van der Waals surface area contributed by atoms with Crippen LogP contribution in [0, 0.1) is 0 Å². The normalized spacial score (nSPS) is 33.2. The highest BCUT2D eigenvalue weighted by Gasteiger charge is 2.33. The summed E-state index contributed by atoms with van der Waals surface area (Å²) in [7, 11) is 4.22. The van der Waals surface area contributed by atoms with Crippen molar-refractivity contribution < 1.29 is 9.53 Å². The van der Waals surface area contributed by atoms with E-state index < -0.39 is 0 Å². The van der Waals surface area contributed by atoms with Gasteiger partial charge in [0.2, 0.25) is 5.91 Å². The number of hydrogen-bond donors (Lipinski definition) is 0. The molecule has 0 bridgehead atoms. The summed E-state index contributed by atoms with van der Waals surface area (Å²) in [4.78, 5) is 19.6. The maximum Gasteiger partial charge on any atom is 0.222 e. The van der Waals surface area contributed by atoms with E-state index in [2.05, 4.69) is 23.8 Å². The van der Waals surface area contributed by atoms with E-state index in [4.69, 9.17) is 4.74 Å².